The van der Waals surface area contributed by atoms with Crippen molar-refractivity contribution in [2.75, 3.05) is 32.0 Å². The van der Waals surface area contributed by atoms with Gasteiger partial charge in [-0.2, -0.15) is 0 Å². The van der Waals surface area contributed by atoms with Gasteiger partial charge in [-0.15, -0.1) is 0 Å². The molecule has 8 heteroatoms. The van der Waals surface area contributed by atoms with Crippen LogP contribution in [0.4, 0.5) is 11.4 Å². The molecule has 0 aliphatic heterocycles. The van der Waals surface area contributed by atoms with Crippen molar-refractivity contribution < 1.29 is 28.2 Å². The van der Waals surface area contributed by atoms with Crippen LogP contribution in [0.5, 0.6) is 17.2 Å². The van der Waals surface area contributed by atoms with Gasteiger partial charge in [-0.1, -0.05) is 24.3 Å². The third-order valence-electron chi connectivity index (χ3n) is 5.21. The van der Waals surface area contributed by atoms with E-state index in [4.69, 9.17) is 18.6 Å². The monoisotopic (exact) mass is 460 g/mol. The third-order valence-corrected chi connectivity index (χ3v) is 5.21. The number of furan rings is 1. The summed E-state index contributed by atoms with van der Waals surface area (Å²) in [6, 6.07) is 19.4. The van der Waals surface area contributed by atoms with Crippen LogP contribution in [0.1, 0.15) is 16.1 Å². The Labute approximate surface area is 196 Å². The summed E-state index contributed by atoms with van der Waals surface area (Å²) < 4.78 is 21.6. The fourth-order valence-electron chi connectivity index (χ4n) is 3.58. The summed E-state index contributed by atoms with van der Waals surface area (Å²) >= 11 is 0. The molecule has 0 fully saturated rings. The fourth-order valence-corrected chi connectivity index (χ4v) is 3.58. The predicted molar refractivity (Wildman–Crippen MR) is 129 cm³/mol. The third kappa shape index (κ3) is 4.80. The molecule has 4 rings (SSSR count). The zero-order valence-electron chi connectivity index (χ0n) is 19.0. The summed E-state index contributed by atoms with van der Waals surface area (Å²) in [6.07, 6.45) is 0.0663. The number of rotatable bonds is 8. The Bertz CT molecular complexity index is 1340. The Morgan fingerprint density at radius 1 is 0.824 bits per heavy atom. The van der Waals surface area contributed by atoms with Gasteiger partial charge in [0.2, 0.25) is 11.7 Å². The number of nitrogens with one attached hydrogen (secondary N) is 2. The minimum Gasteiger partial charge on any atom is -0.497 e. The maximum Gasteiger partial charge on any atom is 0.293 e. The van der Waals surface area contributed by atoms with Crippen LogP contribution >= 0.6 is 0 Å². The van der Waals surface area contributed by atoms with Crippen molar-refractivity contribution in [3.63, 3.8) is 0 Å². The number of hydrogen-bond donors (Lipinski definition) is 2. The average molecular weight is 460 g/mol. The van der Waals surface area contributed by atoms with E-state index in [-0.39, 0.29) is 18.1 Å². The Kier molecular flexibility index (Phi) is 6.68. The number of carbonyl (C=O) groups excluding carboxylic acids is 2. The van der Waals surface area contributed by atoms with Crippen LogP contribution in [-0.4, -0.2) is 33.1 Å². The van der Waals surface area contributed by atoms with E-state index in [2.05, 4.69) is 10.6 Å². The largest absolute Gasteiger partial charge is 0.497 e. The molecule has 34 heavy (non-hydrogen) atoms. The maximum absolute atomic E-state index is 13.1. The van der Waals surface area contributed by atoms with Crippen LogP contribution in [0, 0.1) is 0 Å². The van der Waals surface area contributed by atoms with Crippen LogP contribution in [-0.2, 0) is 11.2 Å². The van der Waals surface area contributed by atoms with Gasteiger partial charge in [0.25, 0.3) is 5.91 Å². The lowest BCUT2D eigenvalue weighted by molar-refractivity contribution is -0.115. The zero-order valence-corrected chi connectivity index (χ0v) is 19.0. The van der Waals surface area contributed by atoms with Crippen molar-refractivity contribution in [2.24, 2.45) is 0 Å². The average Bonchev–Trinajstić information content (AvgIpc) is 3.22. The summed E-state index contributed by atoms with van der Waals surface area (Å²) in [5.74, 6) is 0.902. The Hall–Kier alpha value is -4.46. The van der Waals surface area contributed by atoms with Crippen molar-refractivity contribution in [3.05, 3.63) is 78.1 Å². The summed E-state index contributed by atoms with van der Waals surface area (Å²) in [4.78, 5) is 26.0. The second-order valence-electron chi connectivity index (χ2n) is 7.40. The number of hydrogen-bond acceptors (Lipinski definition) is 6. The number of anilines is 2. The Balaban J connectivity index is 1.60. The Morgan fingerprint density at radius 3 is 2.38 bits per heavy atom. The molecular weight excluding hydrogens is 436 g/mol. The van der Waals surface area contributed by atoms with Gasteiger partial charge in [-0.05, 0) is 42.0 Å². The fraction of sp³-hybridized carbons (Fsp3) is 0.154. The molecule has 0 radical (unpaired) electrons. The summed E-state index contributed by atoms with van der Waals surface area (Å²) in [6.45, 7) is 0. The molecule has 0 aliphatic carbocycles. The number of para-hydroxylation sites is 1. The number of carbonyl (C=O) groups is 2. The van der Waals surface area contributed by atoms with Crippen molar-refractivity contribution in [3.8, 4) is 17.2 Å². The lowest BCUT2D eigenvalue weighted by Gasteiger charge is -2.10. The molecule has 1 heterocycles. The highest BCUT2D eigenvalue weighted by molar-refractivity contribution is 6.14. The van der Waals surface area contributed by atoms with Crippen molar-refractivity contribution in [1.82, 2.24) is 0 Å². The second kappa shape index (κ2) is 9.99. The van der Waals surface area contributed by atoms with Gasteiger partial charge in [0.05, 0.1) is 27.8 Å². The molecule has 0 spiro atoms. The van der Waals surface area contributed by atoms with Gasteiger partial charge in [0.1, 0.15) is 17.0 Å². The molecule has 8 nitrogen and oxygen atoms in total. The second-order valence-corrected chi connectivity index (χ2v) is 7.40. The van der Waals surface area contributed by atoms with E-state index in [1.54, 1.807) is 74.9 Å². The maximum atomic E-state index is 13.1. The van der Waals surface area contributed by atoms with Gasteiger partial charge in [-0.25, -0.2) is 0 Å². The van der Waals surface area contributed by atoms with E-state index in [1.807, 2.05) is 6.07 Å². The normalized spacial score (nSPS) is 10.6. The summed E-state index contributed by atoms with van der Waals surface area (Å²) in [5.41, 5.74) is 2.05. The van der Waals surface area contributed by atoms with Gasteiger partial charge >= 0.3 is 0 Å². The molecular formula is C26H24N2O6. The van der Waals surface area contributed by atoms with Crippen molar-refractivity contribution in [1.29, 1.82) is 0 Å². The summed E-state index contributed by atoms with van der Waals surface area (Å²) in [7, 11) is 4.63. The molecule has 2 N–H and O–H groups in total. The van der Waals surface area contributed by atoms with Gasteiger partial charge < -0.3 is 29.3 Å². The molecule has 0 saturated carbocycles. The van der Waals surface area contributed by atoms with E-state index < -0.39 is 5.91 Å². The number of benzene rings is 3. The van der Waals surface area contributed by atoms with Crippen LogP contribution in [0.15, 0.2) is 71.1 Å². The number of fused-ring (bicyclic) bond motifs is 1. The summed E-state index contributed by atoms with van der Waals surface area (Å²) in [5, 5.41) is 6.26. The van der Waals surface area contributed by atoms with Crippen LogP contribution in [0.2, 0.25) is 0 Å². The first kappa shape index (κ1) is 22.7. The lowest BCUT2D eigenvalue weighted by Crippen LogP contribution is -2.18. The number of amides is 2. The van der Waals surface area contributed by atoms with Gasteiger partial charge in [0, 0.05) is 17.1 Å². The Morgan fingerprint density at radius 2 is 1.62 bits per heavy atom. The molecule has 3 aromatic carbocycles. The SMILES string of the molecule is COc1cccc(NC(=O)c2oc3ccccc3c2NC(=O)Cc2ccc(OC)c(OC)c2)c1. The minimum absolute atomic E-state index is 0.00433. The molecule has 174 valence electrons. The topological polar surface area (TPSA) is 99.0 Å². The van der Waals surface area contributed by atoms with Crippen LogP contribution < -0.4 is 24.8 Å². The van der Waals surface area contributed by atoms with Crippen LogP contribution in [0.3, 0.4) is 0 Å². The quantitative estimate of drug-likeness (QED) is 0.388. The van der Waals surface area contributed by atoms with E-state index >= 15 is 0 Å². The molecule has 0 bridgehead atoms. The molecule has 0 aliphatic rings. The number of methoxy groups -OCH3 is 3. The molecule has 2 amide bonds. The van der Waals surface area contributed by atoms with Crippen molar-refractivity contribution >= 4 is 34.2 Å². The van der Waals surface area contributed by atoms with Gasteiger partial charge in [0.15, 0.2) is 11.5 Å². The molecule has 0 unspecified atom stereocenters. The smallest absolute Gasteiger partial charge is 0.293 e. The standard InChI is InChI=1S/C26H24N2O6/c1-31-18-8-6-7-17(15-18)27-26(30)25-24(19-9-4-5-10-20(19)34-25)28-23(29)14-16-11-12-21(32-2)22(13-16)33-3/h4-13,15H,14H2,1-3H3,(H,27,30)(H,28,29). The van der Waals surface area contributed by atoms with Crippen LogP contribution in [0.25, 0.3) is 11.0 Å². The first-order valence-electron chi connectivity index (χ1n) is 10.5. The molecule has 4 aromatic rings. The minimum atomic E-state index is -0.495. The number of ether oxygens (including phenoxy) is 3. The highest BCUT2D eigenvalue weighted by Gasteiger charge is 2.23. The molecule has 0 saturated heterocycles. The predicted octanol–water partition coefficient (Wildman–Crippen LogP) is 4.89. The first-order chi connectivity index (χ1) is 16.5. The highest BCUT2D eigenvalue weighted by Crippen LogP contribution is 2.32. The highest BCUT2D eigenvalue weighted by atomic mass is 16.5. The molecule has 0 atom stereocenters. The first-order valence-corrected chi connectivity index (χ1v) is 10.5. The van der Waals surface area contributed by atoms with E-state index in [0.717, 1.165) is 5.56 Å². The van der Waals surface area contributed by atoms with Gasteiger partial charge in [-0.3, -0.25) is 9.59 Å². The van der Waals surface area contributed by atoms with E-state index in [1.165, 1.54) is 7.11 Å². The van der Waals surface area contributed by atoms with E-state index in [9.17, 15) is 9.59 Å². The molecule has 1 aromatic heterocycles. The van der Waals surface area contributed by atoms with Crippen molar-refractivity contribution in [2.45, 2.75) is 6.42 Å². The van der Waals surface area contributed by atoms with E-state index in [0.29, 0.717) is 39.6 Å². The zero-order chi connectivity index (χ0) is 24.1. The lowest BCUT2D eigenvalue weighted by atomic mass is 10.1.